The molecule has 0 spiro atoms. The Morgan fingerprint density at radius 1 is 1.07 bits per heavy atom. The number of halogens is 3. The Labute approximate surface area is 164 Å². The highest BCUT2D eigenvalue weighted by Crippen LogP contribution is 2.41. The molecule has 2 fully saturated rings. The van der Waals surface area contributed by atoms with Gasteiger partial charge in [-0.1, -0.05) is 0 Å². The van der Waals surface area contributed by atoms with Gasteiger partial charge in [-0.2, -0.15) is 13.2 Å². The maximum atomic E-state index is 12.7. The summed E-state index contributed by atoms with van der Waals surface area (Å²) in [4.78, 5) is 36.2. The maximum absolute atomic E-state index is 12.7. The Kier molecular flexibility index (Phi) is 4.02. The summed E-state index contributed by atoms with van der Waals surface area (Å²) in [5.41, 5.74) is -1.99. The molecule has 2 aliphatic carbocycles. The minimum atomic E-state index is -4.59. The number of aromatic amines is 1. The zero-order valence-electron chi connectivity index (χ0n) is 14.7. The van der Waals surface area contributed by atoms with Crippen molar-refractivity contribution in [3.05, 3.63) is 44.5 Å². The third kappa shape index (κ3) is 3.41. The average molecular weight is 422 g/mol. The Morgan fingerprint density at radius 2 is 1.83 bits per heavy atom. The fourth-order valence-electron chi connectivity index (χ4n) is 3.03. The van der Waals surface area contributed by atoms with Gasteiger partial charge >= 0.3 is 11.9 Å². The molecule has 0 unspecified atom stereocenters. The summed E-state index contributed by atoms with van der Waals surface area (Å²) in [6.07, 6.45) is -1.14. The van der Waals surface area contributed by atoms with Crippen molar-refractivity contribution >= 4 is 22.8 Å². The first-order chi connectivity index (χ1) is 13.8. The number of alkyl halides is 3. The molecule has 2 aliphatic rings. The quantitative estimate of drug-likeness (QED) is 0.644. The molecular formula is C17H13F3N6O2S. The third-order valence-electron chi connectivity index (χ3n) is 4.75. The molecular weight excluding hydrogens is 409 g/mol. The number of hydrogen-bond acceptors (Lipinski definition) is 7. The van der Waals surface area contributed by atoms with Crippen LogP contribution in [0.25, 0.3) is 11.0 Å². The highest BCUT2D eigenvalue weighted by molar-refractivity contribution is 7.99. The Bertz CT molecular complexity index is 1230. The monoisotopic (exact) mass is 422 g/mol. The Hall–Kier alpha value is -2.76. The largest absolute Gasteiger partial charge is 0.435 e. The van der Waals surface area contributed by atoms with Crippen molar-refractivity contribution in [2.45, 2.75) is 53.9 Å². The molecule has 12 heteroatoms. The summed E-state index contributed by atoms with van der Waals surface area (Å²) >= 11 is 0.929. The summed E-state index contributed by atoms with van der Waals surface area (Å²) in [6.45, 7) is 0. The van der Waals surface area contributed by atoms with Gasteiger partial charge in [0.1, 0.15) is 21.3 Å². The van der Waals surface area contributed by atoms with E-state index in [2.05, 4.69) is 25.1 Å². The fourth-order valence-corrected chi connectivity index (χ4v) is 3.87. The van der Waals surface area contributed by atoms with Gasteiger partial charge in [0.2, 0.25) is 0 Å². The van der Waals surface area contributed by atoms with E-state index in [0.29, 0.717) is 5.82 Å². The molecule has 3 heterocycles. The minimum absolute atomic E-state index is 0.0208. The average Bonchev–Trinajstić information content (AvgIpc) is 3.53. The summed E-state index contributed by atoms with van der Waals surface area (Å²) in [7, 11) is 0. The van der Waals surface area contributed by atoms with Gasteiger partial charge < -0.3 is 0 Å². The van der Waals surface area contributed by atoms with Gasteiger partial charge in [-0.3, -0.25) is 14.3 Å². The molecule has 0 radical (unpaired) electrons. The molecule has 0 aromatic carbocycles. The fraction of sp³-hybridized carbons (Fsp3) is 0.412. The second kappa shape index (κ2) is 6.37. The Balaban J connectivity index is 1.65. The van der Waals surface area contributed by atoms with E-state index in [1.54, 1.807) is 0 Å². The van der Waals surface area contributed by atoms with Crippen molar-refractivity contribution in [1.82, 2.24) is 29.7 Å². The van der Waals surface area contributed by atoms with E-state index < -0.39 is 23.1 Å². The molecule has 0 amide bonds. The molecule has 1 N–H and O–H groups in total. The van der Waals surface area contributed by atoms with Gasteiger partial charge in [0.05, 0.1) is 0 Å². The number of aromatic nitrogens is 6. The second-order valence-electron chi connectivity index (χ2n) is 7.08. The molecule has 29 heavy (non-hydrogen) atoms. The van der Waals surface area contributed by atoms with Crippen LogP contribution in [0, 0.1) is 0 Å². The SMILES string of the molecule is O=c1[nH]c(=O)n(C2CC2)c2nc(C3CC3)nc(Sc3ccc(C(F)(F)F)nn3)c12. The lowest BCUT2D eigenvalue weighted by Gasteiger charge is -2.11. The van der Waals surface area contributed by atoms with Crippen molar-refractivity contribution in [2.24, 2.45) is 0 Å². The second-order valence-corrected chi connectivity index (χ2v) is 8.09. The summed E-state index contributed by atoms with van der Waals surface area (Å²) in [6, 6.07) is 1.98. The van der Waals surface area contributed by atoms with Gasteiger partial charge in [-0.05, 0) is 49.6 Å². The van der Waals surface area contributed by atoms with Crippen LogP contribution in [-0.4, -0.2) is 29.7 Å². The number of hydrogen-bond donors (Lipinski definition) is 1. The first-order valence-corrected chi connectivity index (χ1v) is 9.78. The van der Waals surface area contributed by atoms with E-state index in [1.807, 2.05) is 0 Å². The van der Waals surface area contributed by atoms with Crippen LogP contribution in [0.2, 0.25) is 0 Å². The van der Waals surface area contributed by atoms with Crippen LogP contribution in [0.4, 0.5) is 13.2 Å². The molecule has 0 bridgehead atoms. The Morgan fingerprint density at radius 3 is 2.41 bits per heavy atom. The molecule has 8 nitrogen and oxygen atoms in total. The zero-order valence-corrected chi connectivity index (χ0v) is 15.5. The van der Waals surface area contributed by atoms with Gasteiger partial charge in [0.25, 0.3) is 5.56 Å². The van der Waals surface area contributed by atoms with Crippen LogP contribution in [0.1, 0.15) is 49.2 Å². The molecule has 0 atom stereocenters. The molecule has 2 saturated carbocycles. The van der Waals surface area contributed by atoms with E-state index in [0.717, 1.165) is 43.5 Å². The summed E-state index contributed by atoms with van der Waals surface area (Å²) < 4.78 is 39.6. The van der Waals surface area contributed by atoms with Crippen molar-refractivity contribution in [2.75, 3.05) is 0 Å². The van der Waals surface area contributed by atoms with E-state index in [4.69, 9.17) is 0 Å². The van der Waals surface area contributed by atoms with Crippen LogP contribution in [0.15, 0.2) is 31.8 Å². The third-order valence-corrected chi connectivity index (χ3v) is 5.67. The molecule has 5 rings (SSSR count). The predicted molar refractivity (Wildman–Crippen MR) is 95.8 cm³/mol. The van der Waals surface area contributed by atoms with Crippen molar-refractivity contribution in [1.29, 1.82) is 0 Å². The van der Waals surface area contributed by atoms with Gasteiger partial charge in [0.15, 0.2) is 11.3 Å². The van der Waals surface area contributed by atoms with Crippen LogP contribution < -0.4 is 11.2 Å². The van der Waals surface area contributed by atoms with E-state index in [1.165, 1.54) is 10.6 Å². The lowest BCUT2D eigenvalue weighted by molar-refractivity contribution is -0.141. The minimum Gasteiger partial charge on any atom is -0.274 e. The van der Waals surface area contributed by atoms with E-state index in [9.17, 15) is 22.8 Å². The highest BCUT2D eigenvalue weighted by atomic mass is 32.2. The number of H-pyrrole nitrogens is 1. The maximum Gasteiger partial charge on any atom is 0.435 e. The molecule has 3 aromatic rings. The lowest BCUT2D eigenvalue weighted by Crippen LogP contribution is -2.31. The number of nitrogens with zero attached hydrogens (tertiary/aromatic N) is 5. The van der Waals surface area contributed by atoms with Crippen LogP contribution in [0.5, 0.6) is 0 Å². The molecule has 3 aromatic heterocycles. The number of nitrogens with one attached hydrogen (secondary N) is 1. The molecule has 0 saturated heterocycles. The van der Waals surface area contributed by atoms with Crippen molar-refractivity contribution < 1.29 is 13.2 Å². The first kappa shape index (κ1) is 18.3. The number of rotatable bonds is 4. The van der Waals surface area contributed by atoms with E-state index >= 15 is 0 Å². The van der Waals surface area contributed by atoms with Gasteiger partial charge in [0, 0.05) is 12.0 Å². The number of fused-ring (bicyclic) bond motifs is 1. The summed E-state index contributed by atoms with van der Waals surface area (Å²) in [5.74, 6) is 0.679. The summed E-state index contributed by atoms with van der Waals surface area (Å²) in [5, 5.41) is 7.35. The van der Waals surface area contributed by atoms with Crippen molar-refractivity contribution in [3.63, 3.8) is 0 Å². The topological polar surface area (TPSA) is 106 Å². The van der Waals surface area contributed by atoms with E-state index in [-0.39, 0.29) is 33.0 Å². The standard InChI is InChI=1S/C17H13F3N6O2S/c18-17(19,20)9-5-6-10(25-24-9)29-15-11-13(21-12(22-15)7-1-2-7)26(8-3-4-8)16(28)23-14(11)27/h5-8H,1-4H2,(H,23,27,28). The molecule has 0 aliphatic heterocycles. The van der Waals surface area contributed by atoms with Crippen molar-refractivity contribution in [3.8, 4) is 0 Å². The van der Waals surface area contributed by atoms with Gasteiger partial charge in [-0.15, -0.1) is 10.2 Å². The predicted octanol–water partition coefficient (Wildman–Crippen LogP) is 2.65. The smallest absolute Gasteiger partial charge is 0.274 e. The van der Waals surface area contributed by atoms with Crippen LogP contribution in [0.3, 0.4) is 0 Å². The normalized spacial score (nSPS) is 17.1. The van der Waals surface area contributed by atoms with Crippen LogP contribution >= 0.6 is 11.8 Å². The van der Waals surface area contributed by atoms with Crippen LogP contribution in [-0.2, 0) is 6.18 Å². The lowest BCUT2D eigenvalue weighted by atomic mass is 10.3. The molecule has 150 valence electrons. The first-order valence-electron chi connectivity index (χ1n) is 8.96. The van der Waals surface area contributed by atoms with Gasteiger partial charge in [-0.25, -0.2) is 14.8 Å². The zero-order chi connectivity index (χ0) is 20.3. The highest BCUT2D eigenvalue weighted by Gasteiger charge is 2.34.